The van der Waals surface area contributed by atoms with Crippen molar-refractivity contribution in [3.63, 3.8) is 0 Å². The van der Waals surface area contributed by atoms with Gasteiger partial charge in [-0.1, -0.05) is 31.9 Å². The summed E-state index contributed by atoms with van der Waals surface area (Å²) in [6.07, 6.45) is 5.37. The minimum Gasteiger partial charge on any atom is -0.330 e. The van der Waals surface area contributed by atoms with Crippen LogP contribution in [0.1, 0.15) is 38.8 Å². The minimum absolute atomic E-state index is 0.262. The number of halogens is 1. The highest BCUT2D eigenvalue weighted by Crippen LogP contribution is 2.21. The fourth-order valence-corrected chi connectivity index (χ4v) is 1.74. The Morgan fingerprint density at radius 1 is 1.44 bits per heavy atom. The molecule has 1 rings (SSSR count). The second-order valence-electron chi connectivity index (χ2n) is 5.15. The number of hydrogen-bond donors (Lipinski definition) is 1. The van der Waals surface area contributed by atoms with Gasteiger partial charge >= 0.3 is 0 Å². The third kappa shape index (κ3) is 4.14. The van der Waals surface area contributed by atoms with Gasteiger partial charge in [-0.15, -0.1) is 0 Å². The molecule has 4 heteroatoms. The summed E-state index contributed by atoms with van der Waals surface area (Å²) in [6, 6.07) is 0. The Balaban J connectivity index is 2.26. The van der Waals surface area contributed by atoms with E-state index >= 15 is 0 Å². The Labute approximate surface area is 103 Å². The van der Waals surface area contributed by atoms with E-state index in [0.717, 1.165) is 36.6 Å². The molecule has 0 amide bonds. The molecule has 0 spiro atoms. The molecule has 0 saturated carbocycles. The van der Waals surface area contributed by atoms with Crippen molar-refractivity contribution in [2.75, 3.05) is 6.54 Å². The van der Waals surface area contributed by atoms with Crippen LogP contribution in [0, 0.1) is 12.3 Å². The zero-order chi connectivity index (χ0) is 12.2. The second-order valence-corrected chi connectivity index (χ2v) is 5.56. The molecule has 0 aliphatic carbocycles. The zero-order valence-electron chi connectivity index (χ0n) is 10.5. The molecular formula is C12H22ClN3. The van der Waals surface area contributed by atoms with E-state index in [-0.39, 0.29) is 5.41 Å². The lowest BCUT2D eigenvalue weighted by molar-refractivity contribution is 0.327. The minimum atomic E-state index is 0.262. The molecular weight excluding hydrogens is 222 g/mol. The number of nitrogens with zero attached hydrogens (tertiary/aromatic N) is 2. The first-order valence-electron chi connectivity index (χ1n) is 5.84. The fraction of sp³-hybridized carbons (Fsp3) is 0.750. The van der Waals surface area contributed by atoms with Gasteiger partial charge < -0.3 is 5.73 Å². The van der Waals surface area contributed by atoms with E-state index in [1.165, 1.54) is 6.42 Å². The first-order chi connectivity index (χ1) is 7.44. The van der Waals surface area contributed by atoms with Crippen molar-refractivity contribution in [3.05, 3.63) is 16.9 Å². The smallest absolute Gasteiger partial charge is 0.0814 e. The van der Waals surface area contributed by atoms with Gasteiger partial charge in [0.2, 0.25) is 0 Å². The lowest BCUT2D eigenvalue weighted by atomic mass is 9.87. The third-order valence-corrected chi connectivity index (χ3v) is 3.30. The van der Waals surface area contributed by atoms with Gasteiger partial charge in [0, 0.05) is 12.7 Å². The topological polar surface area (TPSA) is 43.8 Å². The van der Waals surface area contributed by atoms with Gasteiger partial charge in [-0.25, -0.2) is 0 Å². The molecule has 3 nitrogen and oxygen atoms in total. The van der Waals surface area contributed by atoms with Gasteiger partial charge in [0.1, 0.15) is 0 Å². The molecule has 2 N–H and O–H groups in total. The average Bonchev–Trinajstić information content (AvgIpc) is 2.54. The highest BCUT2D eigenvalue weighted by atomic mass is 35.5. The first-order valence-corrected chi connectivity index (χ1v) is 6.22. The summed E-state index contributed by atoms with van der Waals surface area (Å²) in [7, 11) is 0. The van der Waals surface area contributed by atoms with Crippen LogP contribution in [0.2, 0.25) is 5.02 Å². The molecule has 0 aliphatic rings. The van der Waals surface area contributed by atoms with E-state index in [1.807, 2.05) is 17.8 Å². The van der Waals surface area contributed by atoms with Crippen molar-refractivity contribution in [2.24, 2.45) is 11.1 Å². The maximum Gasteiger partial charge on any atom is 0.0814 e. The summed E-state index contributed by atoms with van der Waals surface area (Å²) in [4.78, 5) is 0. The standard InChI is InChI=1S/C12H22ClN3/c1-10-11(13)8-16(15-10)7-5-4-6-12(2,3)9-14/h8H,4-7,9,14H2,1-3H3. The highest BCUT2D eigenvalue weighted by Gasteiger charge is 2.14. The lowest BCUT2D eigenvalue weighted by Gasteiger charge is -2.21. The largest absolute Gasteiger partial charge is 0.330 e. The Morgan fingerprint density at radius 2 is 2.12 bits per heavy atom. The number of aromatic nitrogens is 2. The predicted molar refractivity (Wildman–Crippen MR) is 68.7 cm³/mol. The van der Waals surface area contributed by atoms with Crippen LogP contribution in [0.5, 0.6) is 0 Å². The van der Waals surface area contributed by atoms with Crippen LogP contribution in [-0.2, 0) is 6.54 Å². The van der Waals surface area contributed by atoms with Crippen LogP contribution in [-0.4, -0.2) is 16.3 Å². The summed E-state index contributed by atoms with van der Waals surface area (Å²) >= 11 is 5.94. The number of nitrogens with two attached hydrogens (primary N) is 1. The van der Waals surface area contributed by atoms with Crippen molar-refractivity contribution in [1.82, 2.24) is 9.78 Å². The summed E-state index contributed by atoms with van der Waals surface area (Å²) in [5.74, 6) is 0. The van der Waals surface area contributed by atoms with Crippen LogP contribution >= 0.6 is 11.6 Å². The van der Waals surface area contributed by atoms with E-state index < -0.39 is 0 Å². The van der Waals surface area contributed by atoms with Crippen LogP contribution in [0.3, 0.4) is 0 Å². The third-order valence-electron chi connectivity index (χ3n) is 2.93. The normalized spacial score (nSPS) is 12.1. The van der Waals surface area contributed by atoms with Gasteiger partial charge in [-0.3, -0.25) is 4.68 Å². The van der Waals surface area contributed by atoms with Gasteiger partial charge in [-0.2, -0.15) is 5.10 Å². The van der Waals surface area contributed by atoms with E-state index in [9.17, 15) is 0 Å². The van der Waals surface area contributed by atoms with Crippen molar-refractivity contribution >= 4 is 11.6 Å². The van der Waals surface area contributed by atoms with Crippen LogP contribution < -0.4 is 5.73 Å². The summed E-state index contributed by atoms with van der Waals surface area (Å²) in [6.45, 7) is 8.04. The Kier molecular flexibility index (Phi) is 4.81. The first kappa shape index (κ1) is 13.5. The molecule has 0 unspecified atom stereocenters. The van der Waals surface area contributed by atoms with E-state index in [0.29, 0.717) is 0 Å². The Bertz CT molecular complexity index is 312. The molecule has 16 heavy (non-hydrogen) atoms. The van der Waals surface area contributed by atoms with Crippen LogP contribution in [0.4, 0.5) is 0 Å². The molecule has 0 saturated heterocycles. The van der Waals surface area contributed by atoms with Crippen LogP contribution in [0.15, 0.2) is 6.20 Å². The van der Waals surface area contributed by atoms with Gasteiger partial charge in [0.15, 0.2) is 0 Å². The SMILES string of the molecule is Cc1nn(CCCCC(C)(C)CN)cc1Cl. The molecule has 0 atom stereocenters. The molecule has 0 aromatic carbocycles. The van der Waals surface area contributed by atoms with Crippen molar-refractivity contribution in [3.8, 4) is 0 Å². The van der Waals surface area contributed by atoms with Crippen molar-refractivity contribution < 1.29 is 0 Å². The van der Waals surface area contributed by atoms with E-state index in [2.05, 4.69) is 18.9 Å². The Hall–Kier alpha value is -0.540. The van der Waals surface area contributed by atoms with Gasteiger partial charge in [0.05, 0.1) is 10.7 Å². The fourth-order valence-electron chi connectivity index (χ4n) is 1.59. The van der Waals surface area contributed by atoms with Gasteiger partial charge in [-0.05, 0) is 31.7 Å². The monoisotopic (exact) mass is 243 g/mol. The van der Waals surface area contributed by atoms with Crippen LogP contribution in [0.25, 0.3) is 0 Å². The maximum absolute atomic E-state index is 5.94. The second kappa shape index (κ2) is 5.69. The number of hydrogen-bond acceptors (Lipinski definition) is 2. The van der Waals surface area contributed by atoms with Crippen molar-refractivity contribution in [2.45, 2.75) is 46.6 Å². The molecule has 0 radical (unpaired) electrons. The zero-order valence-corrected chi connectivity index (χ0v) is 11.2. The Morgan fingerprint density at radius 3 is 2.62 bits per heavy atom. The molecule has 0 bridgehead atoms. The number of rotatable bonds is 6. The summed E-state index contributed by atoms with van der Waals surface area (Å²) in [5.41, 5.74) is 6.86. The molecule has 0 fully saturated rings. The number of unbranched alkanes of at least 4 members (excludes halogenated alkanes) is 1. The van der Waals surface area contributed by atoms with E-state index in [4.69, 9.17) is 17.3 Å². The average molecular weight is 244 g/mol. The van der Waals surface area contributed by atoms with Crippen molar-refractivity contribution in [1.29, 1.82) is 0 Å². The molecule has 92 valence electrons. The summed E-state index contributed by atoms with van der Waals surface area (Å²) < 4.78 is 1.92. The lowest BCUT2D eigenvalue weighted by Crippen LogP contribution is -2.23. The summed E-state index contributed by atoms with van der Waals surface area (Å²) in [5, 5.41) is 5.08. The number of aryl methyl sites for hydroxylation is 2. The molecule has 1 aromatic rings. The maximum atomic E-state index is 5.94. The highest BCUT2D eigenvalue weighted by molar-refractivity contribution is 6.31. The predicted octanol–water partition coefficient (Wildman–Crippen LogP) is 3.00. The molecule has 1 aromatic heterocycles. The quantitative estimate of drug-likeness (QED) is 0.781. The molecule has 0 aliphatic heterocycles. The van der Waals surface area contributed by atoms with E-state index in [1.54, 1.807) is 0 Å². The molecule has 1 heterocycles. The van der Waals surface area contributed by atoms with Gasteiger partial charge in [0.25, 0.3) is 0 Å².